The largest absolute Gasteiger partial charge is 0.383 e. The smallest absolute Gasteiger partial charge is 0.234 e. The van der Waals surface area contributed by atoms with Gasteiger partial charge in [-0.2, -0.15) is 0 Å². The number of fused-ring (bicyclic) bond motifs is 1. The molecule has 158 valence electrons. The van der Waals surface area contributed by atoms with Gasteiger partial charge in [0.25, 0.3) is 0 Å². The fourth-order valence-electron chi connectivity index (χ4n) is 3.76. The standard InChI is InChI=1S/C22H27N5O2S/c1-16-24-21(20-18(15-30-22(20)25-16)17-6-4-3-5-7-17)27-11-9-26(10-12-27)14-19(28)23-8-13-29-2/h3-7,15H,8-14H2,1-2H3,(H,23,28). The van der Waals surface area contributed by atoms with E-state index in [1.165, 1.54) is 11.1 Å². The average molecular weight is 426 g/mol. The number of carbonyl (C=O) groups excluding carboxylic acids is 1. The summed E-state index contributed by atoms with van der Waals surface area (Å²) in [5, 5.41) is 6.20. The molecule has 3 heterocycles. The van der Waals surface area contributed by atoms with Gasteiger partial charge in [-0.15, -0.1) is 11.3 Å². The second-order valence-corrected chi connectivity index (χ2v) is 8.25. The van der Waals surface area contributed by atoms with Crippen LogP contribution < -0.4 is 10.2 Å². The Morgan fingerprint density at radius 2 is 1.93 bits per heavy atom. The molecule has 0 saturated carbocycles. The van der Waals surface area contributed by atoms with E-state index in [1.807, 2.05) is 13.0 Å². The van der Waals surface area contributed by atoms with E-state index < -0.39 is 0 Å². The summed E-state index contributed by atoms with van der Waals surface area (Å²) in [7, 11) is 1.63. The van der Waals surface area contributed by atoms with E-state index in [2.05, 4.69) is 49.7 Å². The van der Waals surface area contributed by atoms with Crippen LogP contribution >= 0.6 is 11.3 Å². The molecule has 7 nitrogen and oxygen atoms in total. The number of hydrogen-bond acceptors (Lipinski definition) is 7. The van der Waals surface area contributed by atoms with Crippen molar-refractivity contribution in [3.8, 4) is 11.1 Å². The predicted octanol–water partition coefficient (Wildman–Crippen LogP) is 2.55. The monoisotopic (exact) mass is 425 g/mol. The molecule has 1 aromatic carbocycles. The number of rotatable bonds is 7. The molecule has 1 aliphatic heterocycles. The molecule has 1 aliphatic rings. The zero-order valence-electron chi connectivity index (χ0n) is 17.4. The molecule has 1 saturated heterocycles. The van der Waals surface area contributed by atoms with Crippen LogP contribution in [0.25, 0.3) is 21.3 Å². The van der Waals surface area contributed by atoms with Crippen LogP contribution in [0.4, 0.5) is 5.82 Å². The molecule has 0 unspecified atom stereocenters. The zero-order chi connectivity index (χ0) is 20.9. The quantitative estimate of drug-likeness (QED) is 0.587. The number of aryl methyl sites for hydroxylation is 1. The molecule has 4 rings (SSSR count). The highest BCUT2D eigenvalue weighted by molar-refractivity contribution is 7.17. The van der Waals surface area contributed by atoms with Crippen molar-refractivity contribution in [2.24, 2.45) is 0 Å². The summed E-state index contributed by atoms with van der Waals surface area (Å²) < 4.78 is 4.98. The number of nitrogens with one attached hydrogen (secondary N) is 1. The summed E-state index contributed by atoms with van der Waals surface area (Å²) in [6, 6.07) is 10.4. The van der Waals surface area contributed by atoms with Crippen LogP contribution in [0.5, 0.6) is 0 Å². The summed E-state index contributed by atoms with van der Waals surface area (Å²) in [5.41, 5.74) is 2.37. The first-order chi connectivity index (χ1) is 14.7. The molecule has 0 aliphatic carbocycles. The van der Waals surface area contributed by atoms with Gasteiger partial charge in [0.1, 0.15) is 16.5 Å². The molecule has 0 radical (unpaired) electrons. The Hall–Kier alpha value is -2.55. The maximum Gasteiger partial charge on any atom is 0.234 e. The average Bonchev–Trinajstić information content (AvgIpc) is 3.18. The van der Waals surface area contributed by atoms with Gasteiger partial charge in [0, 0.05) is 50.8 Å². The van der Waals surface area contributed by atoms with Gasteiger partial charge >= 0.3 is 0 Å². The minimum absolute atomic E-state index is 0.0463. The van der Waals surface area contributed by atoms with Crippen molar-refractivity contribution in [1.82, 2.24) is 20.2 Å². The number of aromatic nitrogens is 2. The molecule has 0 bridgehead atoms. The van der Waals surface area contributed by atoms with E-state index in [0.717, 1.165) is 48.0 Å². The van der Waals surface area contributed by atoms with Gasteiger partial charge in [-0.05, 0) is 12.5 Å². The summed E-state index contributed by atoms with van der Waals surface area (Å²) in [5.74, 6) is 1.84. The van der Waals surface area contributed by atoms with Crippen LogP contribution in [0.2, 0.25) is 0 Å². The number of piperazine rings is 1. The first-order valence-electron chi connectivity index (χ1n) is 10.2. The van der Waals surface area contributed by atoms with Crippen LogP contribution in [0.3, 0.4) is 0 Å². The molecule has 3 aromatic rings. The van der Waals surface area contributed by atoms with Crippen molar-refractivity contribution in [2.75, 3.05) is 57.9 Å². The Balaban J connectivity index is 1.50. The van der Waals surface area contributed by atoms with E-state index in [-0.39, 0.29) is 5.91 Å². The van der Waals surface area contributed by atoms with Crippen LogP contribution in [0.15, 0.2) is 35.7 Å². The Morgan fingerprint density at radius 3 is 2.67 bits per heavy atom. The number of anilines is 1. The lowest BCUT2D eigenvalue weighted by Gasteiger charge is -2.35. The van der Waals surface area contributed by atoms with Crippen molar-refractivity contribution < 1.29 is 9.53 Å². The molecule has 2 aromatic heterocycles. The van der Waals surface area contributed by atoms with Gasteiger partial charge < -0.3 is 15.0 Å². The third kappa shape index (κ3) is 4.61. The van der Waals surface area contributed by atoms with E-state index in [4.69, 9.17) is 9.72 Å². The van der Waals surface area contributed by atoms with Crippen LogP contribution in [0.1, 0.15) is 5.82 Å². The lowest BCUT2D eigenvalue weighted by Crippen LogP contribution is -2.50. The second kappa shape index (κ2) is 9.51. The van der Waals surface area contributed by atoms with Crippen LogP contribution in [-0.4, -0.2) is 73.8 Å². The number of thiophene rings is 1. The highest BCUT2D eigenvalue weighted by Crippen LogP contribution is 2.38. The molecule has 1 N–H and O–H groups in total. The molecule has 1 fully saturated rings. The Bertz CT molecular complexity index is 999. The fraction of sp³-hybridized carbons (Fsp3) is 0.409. The fourth-order valence-corrected chi connectivity index (χ4v) is 4.74. The first-order valence-corrected chi connectivity index (χ1v) is 11.1. The van der Waals surface area contributed by atoms with E-state index in [9.17, 15) is 4.79 Å². The molecule has 8 heteroatoms. The first kappa shape index (κ1) is 20.7. The summed E-state index contributed by atoms with van der Waals surface area (Å²) in [6.45, 7) is 6.78. The topological polar surface area (TPSA) is 70.6 Å². The van der Waals surface area contributed by atoms with Crippen LogP contribution in [-0.2, 0) is 9.53 Å². The van der Waals surface area contributed by atoms with Crippen molar-refractivity contribution >= 4 is 33.3 Å². The molecule has 0 atom stereocenters. The highest BCUT2D eigenvalue weighted by atomic mass is 32.1. The highest BCUT2D eigenvalue weighted by Gasteiger charge is 2.24. The number of ether oxygens (including phenoxy) is 1. The minimum Gasteiger partial charge on any atom is -0.383 e. The van der Waals surface area contributed by atoms with Crippen molar-refractivity contribution in [3.05, 3.63) is 41.5 Å². The maximum atomic E-state index is 12.1. The Morgan fingerprint density at radius 1 is 1.17 bits per heavy atom. The Kier molecular flexibility index (Phi) is 6.56. The summed E-state index contributed by atoms with van der Waals surface area (Å²) in [6.07, 6.45) is 0. The second-order valence-electron chi connectivity index (χ2n) is 7.40. The lowest BCUT2D eigenvalue weighted by molar-refractivity contribution is -0.122. The van der Waals surface area contributed by atoms with Crippen molar-refractivity contribution in [1.29, 1.82) is 0 Å². The van der Waals surface area contributed by atoms with Gasteiger partial charge in [0.05, 0.1) is 18.5 Å². The lowest BCUT2D eigenvalue weighted by atomic mass is 10.1. The van der Waals surface area contributed by atoms with Gasteiger partial charge in [-0.1, -0.05) is 30.3 Å². The van der Waals surface area contributed by atoms with Gasteiger partial charge in [0.15, 0.2) is 0 Å². The SMILES string of the molecule is COCCNC(=O)CN1CCN(c2nc(C)nc3scc(-c4ccccc4)c23)CC1. The molecule has 1 amide bonds. The number of nitrogens with zero attached hydrogens (tertiary/aromatic N) is 4. The van der Waals surface area contributed by atoms with Crippen LogP contribution in [0, 0.1) is 6.92 Å². The number of benzene rings is 1. The number of methoxy groups -OCH3 is 1. The van der Waals surface area contributed by atoms with Gasteiger partial charge in [-0.25, -0.2) is 9.97 Å². The third-order valence-corrected chi connectivity index (χ3v) is 6.15. The van der Waals surface area contributed by atoms with E-state index >= 15 is 0 Å². The van der Waals surface area contributed by atoms with Crippen molar-refractivity contribution in [3.63, 3.8) is 0 Å². The zero-order valence-corrected chi connectivity index (χ0v) is 18.2. The molecule has 30 heavy (non-hydrogen) atoms. The van der Waals surface area contributed by atoms with E-state index in [1.54, 1.807) is 18.4 Å². The summed E-state index contributed by atoms with van der Waals surface area (Å²) in [4.78, 5) is 27.1. The van der Waals surface area contributed by atoms with Crippen molar-refractivity contribution in [2.45, 2.75) is 6.92 Å². The number of amides is 1. The number of carbonyl (C=O) groups is 1. The maximum absolute atomic E-state index is 12.1. The van der Waals surface area contributed by atoms with Gasteiger partial charge in [-0.3, -0.25) is 9.69 Å². The molecular formula is C22H27N5O2S. The molecular weight excluding hydrogens is 398 g/mol. The third-order valence-electron chi connectivity index (χ3n) is 5.28. The Labute approximate surface area is 180 Å². The minimum atomic E-state index is 0.0463. The summed E-state index contributed by atoms with van der Waals surface area (Å²) >= 11 is 1.67. The van der Waals surface area contributed by atoms with E-state index in [0.29, 0.717) is 19.7 Å². The normalized spacial score (nSPS) is 14.9. The van der Waals surface area contributed by atoms with Gasteiger partial charge in [0.2, 0.25) is 5.91 Å². The predicted molar refractivity (Wildman–Crippen MR) is 121 cm³/mol. The number of hydrogen-bond donors (Lipinski definition) is 1. The molecule has 0 spiro atoms.